The molecule has 1 aromatic carbocycles. The van der Waals surface area contributed by atoms with Crippen LogP contribution in [0.1, 0.15) is 19.3 Å². The Hall–Kier alpha value is -0.780. The topological polar surface area (TPSA) is 41.1 Å². The maximum atomic E-state index is 11.7. The van der Waals surface area contributed by atoms with Crippen molar-refractivity contribution < 1.29 is 4.79 Å². The SMILES string of the molecule is O=C1CC(C2CC2)Nc2ccc(I)cc2N1. The molecule has 4 heteroatoms. The molecule has 1 aromatic rings. The molecule has 3 nitrogen and oxygen atoms in total. The summed E-state index contributed by atoms with van der Waals surface area (Å²) in [5, 5.41) is 6.46. The maximum absolute atomic E-state index is 11.7. The molecule has 0 radical (unpaired) electrons. The van der Waals surface area contributed by atoms with Gasteiger partial charge in [-0.2, -0.15) is 0 Å². The molecule has 1 saturated carbocycles. The predicted molar refractivity (Wildman–Crippen MR) is 72.5 cm³/mol. The van der Waals surface area contributed by atoms with Gasteiger partial charge >= 0.3 is 0 Å². The van der Waals surface area contributed by atoms with Gasteiger partial charge in [0.2, 0.25) is 5.91 Å². The number of benzene rings is 1. The number of nitrogens with one attached hydrogen (secondary N) is 2. The Labute approximate surface area is 108 Å². The summed E-state index contributed by atoms with van der Waals surface area (Å²) in [6.07, 6.45) is 3.10. The van der Waals surface area contributed by atoms with Crippen LogP contribution in [0.3, 0.4) is 0 Å². The number of carbonyl (C=O) groups is 1. The van der Waals surface area contributed by atoms with Crippen molar-refractivity contribution in [1.82, 2.24) is 0 Å². The van der Waals surface area contributed by atoms with E-state index in [-0.39, 0.29) is 5.91 Å². The zero-order chi connectivity index (χ0) is 11.1. The molecule has 2 aliphatic rings. The third-order valence-electron chi connectivity index (χ3n) is 3.19. The van der Waals surface area contributed by atoms with Gasteiger partial charge in [-0.1, -0.05) is 0 Å². The smallest absolute Gasteiger partial charge is 0.226 e. The minimum absolute atomic E-state index is 0.130. The van der Waals surface area contributed by atoms with E-state index in [0.29, 0.717) is 18.4 Å². The molecular formula is C12H13IN2O. The lowest BCUT2D eigenvalue weighted by Gasteiger charge is -2.15. The largest absolute Gasteiger partial charge is 0.380 e. The Morgan fingerprint density at radius 2 is 2.06 bits per heavy atom. The monoisotopic (exact) mass is 328 g/mol. The van der Waals surface area contributed by atoms with Gasteiger partial charge in [-0.25, -0.2) is 0 Å². The third-order valence-corrected chi connectivity index (χ3v) is 3.86. The van der Waals surface area contributed by atoms with Crippen LogP contribution in [0.5, 0.6) is 0 Å². The van der Waals surface area contributed by atoms with Crippen LogP contribution in [0.25, 0.3) is 0 Å². The Morgan fingerprint density at radius 1 is 1.25 bits per heavy atom. The highest BCUT2D eigenvalue weighted by molar-refractivity contribution is 14.1. The van der Waals surface area contributed by atoms with Crippen LogP contribution in [0, 0.1) is 9.49 Å². The van der Waals surface area contributed by atoms with Crippen LogP contribution in [0.2, 0.25) is 0 Å². The number of hydrogen-bond acceptors (Lipinski definition) is 2. The van der Waals surface area contributed by atoms with Gasteiger partial charge in [0.15, 0.2) is 0 Å². The number of halogens is 1. The molecular weight excluding hydrogens is 315 g/mol. The quantitative estimate of drug-likeness (QED) is 0.779. The number of anilines is 2. The fourth-order valence-corrected chi connectivity index (χ4v) is 2.67. The Balaban J connectivity index is 1.94. The zero-order valence-electron chi connectivity index (χ0n) is 8.79. The minimum Gasteiger partial charge on any atom is -0.380 e. The van der Waals surface area contributed by atoms with E-state index >= 15 is 0 Å². The molecule has 1 heterocycles. The van der Waals surface area contributed by atoms with Gasteiger partial charge < -0.3 is 10.6 Å². The molecule has 1 atom stereocenters. The lowest BCUT2D eigenvalue weighted by Crippen LogP contribution is -2.24. The summed E-state index contributed by atoms with van der Waals surface area (Å²) >= 11 is 2.26. The van der Waals surface area contributed by atoms with E-state index in [1.807, 2.05) is 6.07 Å². The fourth-order valence-electron chi connectivity index (χ4n) is 2.18. The van der Waals surface area contributed by atoms with Crippen molar-refractivity contribution in [2.75, 3.05) is 10.6 Å². The number of rotatable bonds is 1. The molecule has 1 aliphatic heterocycles. The van der Waals surface area contributed by atoms with Crippen molar-refractivity contribution in [1.29, 1.82) is 0 Å². The zero-order valence-corrected chi connectivity index (χ0v) is 11.0. The van der Waals surface area contributed by atoms with E-state index in [9.17, 15) is 4.79 Å². The van der Waals surface area contributed by atoms with Crippen LogP contribution in [-0.4, -0.2) is 11.9 Å². The average molecular weight is 328 g/mol. The second kappa shape index (κ2) is 3.91. The summed E-state index contributed by atoms with van der Waals surface area (Å²) in [4.78, 5) is 11.7. The first kappa shape index (κ1) is 10.4. The highest BCUT2D eigenvalue weighted by atomic mass is 127. The number of amides is 1. The second-order valence-electron chi connectivity index (χ2n) is 4.53. The standard InChI is InChI=1S/C12H13IN2O/c13-8-3-4-9-11(5-8)15-12(16)6-10(14-9)7-1-2-7/h3-5,7,10,14H,1-2,6H2,(H,15,16). The van der Waals surface area contributed by atoms with Crippen molar-refractivity contribution >= 4 is 39.9 Å². The number of fused-ring (bicyclic) bond motifs is 1. The molecule has 0 saturated heterocycles. The summed E-state index contributed by atoms with van der Waals surface area (Å²) in [6, 6.07) is 6.45. The number of hydrogen-bond donors (Lipinski definition) is 2. The van der Waals surface area contributed by atoms with Gasteiger partial charge in [-0.3, -0.25) is 4.79 Å². The maximum Gasteiger partial charge on any atom is 0.226 e. The van der Waals surface area contributed by atoms with E-state index in [1.165, 1.54) is 12.8 Å². The van der Waals surface area contributed by atoms with E-state index in [0.717, 1.165) is 14.9 Å². The van der Waals surface area contributed by atoms with Gasteiger partial charge in [0, 0.05) is 16.0 Å². The second-order valence-corrected chi connectivity index (χ2v) is 5.78. The third kappa shape index (κ3) is 2.03. The van der Waals surface area contributed by atoms with Crippen molar-refractivity contribution in [2.24, 2.45) is 5.92 Å². The first-order valence-corrected chi connectivity index (χ1v) is 6.66. The van der Waals surface area contributed by atoms with E-state index in [1.54, 1.807) is 0 Å². The van der Waals surface area contributed by atoms with E-state index in [4.69, 9.17) is 0 Å². The molecule has 2 N–H and O–H groups in total. The van der Waals surface area contributed by atoms with E-state index in [2.05, 4.69) is 45.4 Å². The van der Waals surface area contributed by atoms with Crippen molar-refractivity contribution in [3.8, 4) is 0 Å². The highest BCUT2D eigenvalue weighted by Crippen LogP contribution is 2.38. The summed E-state index contributed by atoms with van der Waals surface area (Å²) in [7, 11) is 0. The van der Waals surface area contributed by atoms with Crippen molar-refractivity contribution in [3.05, 3.63) is 21.8 Å². The normalized spacial score (nSPS) is 24.1. The first-order chi connectivity index (χ1) is 7.72. The molecule has 0 spiro atoms. The fraction of sp³-hybridized carbons (Fsp3) is 0.417. The summed E-state index contributed by atoms with van der Waals surface area (Å²) in [6.45, 7) is 0. The molecule has 1 fully saturated rings. The van der Waals surface area contributed by atoms with Gasteiger partial charge in [0.25, 0.3) is 0 Å². The van der Waals surface area contributed by atoms with Gasteiger partial charge in [0.1, 0.15) is 0 Å². The molecule has 16 heavy (non-hydrogen) atoms. The summed E-state index contributed by atoms with van der Waals surface area (Å²) in [5.74, 6) is 0.820. The Kier molecular flexibility index (Phi) is 2.53. The number of carbonyl (C=O) groups excluding carboxylic acids is 1. The van der Waals surface area contributed by atoms with Gasteiger partial charge in [-0.15, -0.1) is 0 Å². The molecule has 1 aliphatic carbocycles. The molecule has 1 amide bonds. The molecule has 0 bridgehead atoms. The molecule has 0 aromatic heterocycles. The lowest BCUT2D eigenvalue weighted by atomic mass is 10.1. The first-order valence-electron chi connectivity index (χ1n) is 5.58. The van der Waals surface area contributed by atoms with Crippen molar-refractivity contribution in [2.45, 2.75) is 25.3 Å². The molecule has 3 rings (SSSR count). The lowest BCUT2D eigenvalue weighted by molar-refractivity contribution is -0.116. The van der Waals surface area contributed by atoms with Crippen molar-refractivity contribution in [3.63, 3.8) is 0 Å². The van der Waals surface area contributed by atoms with Crippen LogP contribution >= 0.6 is 22.6 Å². The van der Waals surface area contributed by atoms with Crippen LogP contribution in [0.15, 0.2) is 18.2 Å². The molecule has 1 unspecified atom stereocenters. The Morgan fingerprint density at radius 3 is 2.81 bits per heavy atom. The average Bonchev–Trinajstić information content (AvgIpc) is 3.02. The summed E-state index contributed by atoms with van der Waals surface area (Å²) in [5.41, 5.74) is 1.98. The van der Waals surface area contributed by atoms with Crippen LogP contribution < -0.4 is 10.6 Å². The van der Waals surface area contributed by atoms with Gasteiger partial charge in [-0.05, 0) is 59.5 Å². The highest BCUT2D eigenvalue weighted by Gasteiger charge is 2.34. The van der Waals surface area contributed by atoms with Crippen LogP contribution in [0.4, 0.5) is 11.4 Å². The molecule has 84 valence electrons. The predicted octanol–water partition coefficient (Wildman–Crippen LogP) is 2.82. The summed E-state index contributed by atoms with van der Waals surface area (Å²) < 4.78 is 1.14. The minimum atomic E-state index is 0.130. The Bertz CT molecular complexity index is 443. The van der Waals surface area contributed by atoms with Gasteiger partial charge in [0.05, 0.1) is 11.4 Å². The van der Waals surface area contributed by atoms with E-state index < -0.39 is 0 Å². The van der Waals surface area contributed by atoms with Crippen LogP contribution in [-0.2, 0) is 4.79 Å².